The number of anilines is 1. The molecule has 188 valence electrons. The highest BCUT2D eigenvalue weighted by Gasteiger charge is 2.22. The molecule has 9 nitrogen and oxygen atoms in total. The maximum atomic E-state index is 14.6. The Labute approximate surface area is 217 Å². The molecular formula is C26H23ClFN7O2. The summed E-state index contributed by atoms with van der Waals surface area (Å²) in [6.45, 7) is 1.25. The van der Waals surface area contributed by atoms with Gasteiger partial charge < -0.3 is 10.6 Å². The van der Waals surface area contributed by atoms with E-state index in [1.807, 2.05) is 18.2 Å². The number of rotatable bonds is 7. The highest BCUT2D eigenvalue weighted by molar-refractivity contribution is 6.34. The van der Waals surface area contributed by atoms with Crippen LogP contribution < -0.4 is 21.5 Å². The molecule has 0 saturated carbocycles. The van der Waals surface area contributed by atoms with Crippen molar-refractivity contribution in [2.24, 2.45) is 0 Å². The standard InChI is InChI=1S/C26H23ClFN7O2/c27-20-13-21(28)19(22-8-4-5-10-29-22)12-18(20)25(36)32-24-14-23(26(37)30-15-16-9-11-31-33-16)34-35(24)17-6-2-1-3-7-17/h1-8,10,12-14,16,31,33H,9,11,15H2,(H,30,37)(H,32,36). The fraction of sp³-hybridized carbons (Fsp3) is 0.154. The van der Waals surface area contributed by atoms with Crippen LogP contribution in [-0.4, -0.2) is 45.7 Å². The van der Waals surface area contributed by atoms with E-state index in [4.69, 9.17) is 11.6 Å². The van der Waals surface area contributed by atoms with Crippen molar-refractivity contribution < 1.29 is 14.0 Å². The van der Waals surface area contributed by atoms with Crippen LogP contribution in [0.1, 0.15) is 27.3 Å². The minimum absolute atomic E-state index is 0.0512. The van der Waals surface area contributed by atoms with Crippen molar-refractivity contribution in [1.29, 1.82) is 0 Å². The van der Waals surface area contributed by atoms with Crippen molar-refractivity contribution in [3.8, 4) is 16.9 Å². The number of amides is 2. The Morgan fingerprint density at radius 3 is 2.62 bits per heavy atom. The molecule has 2 amide bonds. The van der Waals surface area contributed by atoms with Gasteiger partial charge in [-0.25, -0.2) is 9.07 Å². The highest BCUT2D eigenvalue weighted by atomic mass is 35.5. The normalized spacial score (nSPS) is 14.9. The van der Waals surface area contributed by atoms with Crippen LogP contribution in [0.5, 0.6) is 0 Å². The molecule has 3 heterocycles. The number of hydrogen-bond acceptors (Lipinski definition) is 6. The Morgan fingerprint density at radius 1 is 1.08 bits per heavy atom. The molecule has 1 aliphatic rings. The van der Waals surface area contributed by atoms with Crippen molar-refractivity contribution in [3.63, 3.8) is 0 Å². The summed E-state index contributed by atoms with van der Waals surface area (Å²) in [6, 6.07) is 18.2. The molecule has 0 spiro atoms. The van der Waals surface area contributed by atoms with E-state index in [9.17, 15) is 14.0 Å². The van der Waals surface area contributed by atoms with Gasteiger partial charge in [0.25, 0.3) is 11.8 Å². The predicted octanol–water partition coefficient (Wildman–Crippen LogP) is 3.58. The Hall–Kier alpha value is -4.12. The van der Waals surface area contributed by atoms with Crippen molar-refractivity contribution in [3.05, 3.63) is 95.0 Å². The summed E-state index contributed by atoms with van der Waals surface area (Å²) in [4.78, 5) is 30.3. The zero-order valence-electron chi connectivity index (χ0n) is 19.5. The first-order valence-corrected chi connectivity index (χ1v) is 12.0. The lowest BCUT2D eigenvalue weighted by Gasteiger charge is -2.11. The monoisotopic (exact) mass is 519 g/mol. The van der Waals surface area contributed by atoms with E-state index in [0.717, 1.165) is 19.0 Å². The number of halogens is 2. The van der Waals surface area contributed by atoms with Gasteiger partial charge in [0.05, 0.1) is 22.0 Å². The molecule has 1 saturated heterocycles. The number of hydrazine groups is 1. The number of nitrogens with one attached hydrogen (secondary N) is 4. The van der Waals surface area contributed by atoms with Crippen molar-refractivity contribution in [2.75, 3.05) is 18.4 Å². The minimum atomic E-state index is -0.597. The number of carbonyl (C=O) groups is 2. The topological polar surface area (TPSA) is 113 Å². The maximum absolute atomic E-state index is 14.6. The summed E-state index contributed by atoms with van der Waals surface area (Å²) < 4.78 is 16.1. The van der Waals surface area contributed by atoms with Crippen LogP contribution in [0.15, 0.2) is 72.9 Å². The quantitative estimate of drug-likeness (QED) is 0.297. The summed E-state index contributed by atoms with van der Waals surface area (Å²) in [5.74, 6) is -1.31. The summed E-state index contributed by atoms with van der Waals surface area (Å²) in [6.07, 6.45) is 2.42. The van der Waals surface area contributed by atoms with E-state index in [1.54, 1.807) is 30.3 Å². The Bertz CT molecular complexity index is 1420. The Balaban J connectivity index is 1.44. The maximum Gasteiger partial charge on any atom is 0.271 e. The zero-order valence-corrected chi connectivity index (χ0v) is 20.3. The van der Waals surface area contributed by atoms with Gasteiger partial charge in [-0.3, -0.25) is 25.4 Å². The zero-order chi connectivity index (χ0) is 25.8. The van der Waals surface area contributed by atoms with E-state index >= 15 is 0 Å². The molecule has 0 aliphatic carbocycles. The fourth-order valence-corrected chi connectivity index (χ4v) is 4.20. The third kappa shape index (κ3) is 5.51. The second kappa shape index (κ2) is 10.9. The molecule has 37 heavy (non-hydrogen) atoms. The summed E-state index contributed by atoms with van der Waals surface area (Å²) >= 11 is 6.25. The molecule has 4 N–H and O–H groups in total. The van der Waals surface area contributed by atoms with Gasteiger partial charge in [-0.2, -0.15) is 5.10 Å². The minimum Gasteiger partial charge on any atom is -0.349 e. The molecule has 1 unspecified atom stereocenters. The summed E-state index contributed by atoms with van der Waals surface area (Å²) in [5, 5.41) is 9.99. The summed E-state index contributed by atoms with van der Waals surface area (Å²) in [5.41, 5.74) is 7.43. The number of para-hydroxylation sites is 1. The van der Waals surface area contributed by atoms with Gasteiger partial charge >= 0.3 is 0 Å². The average Bonchev–Trinajstić information content (AvgIpc) is 3.59. The van der Waals surface area contributed by atoms with Crippen LogP contribution in [0.3, 0.4) is 0 Å². The van der Waals surface area contributed by atoms with E-state index in [0.29, 0.717) is 17.9 Å². The second-order valence-corrected chi connectivity index (χ2v) is 8.82. The van der Waals surface area contributed by atoms with Crippen LogP contribution in [0.4, 0.5) is 10.2 Å². The first-order valence-electron chi connectivity index (χ1n) is 11.6. The van der Waals surface area contributed by atoms with Gasteiger partial charge in [0.1, 0.15) is 11.6 Å². The molecule has 4 aromatic rings. The van der Waals surface area contributed by atoms with E-state index < -0.39 is 11.7 Å². The molecule has 2 aromatic carbocycles. The van der Waals surface area contributed by atoms with Crippen molar-refractivity contribution in [1.82, 2.24) is 30.9 Å². The molecular weight excluding hydrogens is 497 g/mol. The van der Waals surface area contributed by atoms with E-state index in [2.05, 4.69) is 31.6 Å². The highest BCUT2D eigenvalue weighted by Crippen LogP contribution is 2.28. The molecule has 1 fully saturated rings. The first-order chi connectivity index (χ1) is 18.0. The average molecular weight is 520 g/mol. The van der Waals surface area contributed by atoms with Crippen molar-refractivity contribution >= 4 is 29.2 Å². The fourth-order valence-electron chi connectivity index (χ4n) is 3.97. The van der Waals surface area contributed by atoms with Gasteiger partial charge in [0.2, 0.25) is 0 Å². The van der Waals surface area contributed by atoms with Crippen LogP contribution >= 0.6 is 11.6 Å². The van der Waals surface area contributed by atoms with Crippen LogP contribution in [0.2, 0.25) is 5.02 Å². The second-order valence-electron chi connectivity index (χ2n) is 8.41. The smallest absolute Gasteiger partial charge is 0.271 e. The number of hydrogen-bond donors (Lipinski definition) is 4. The van der Waals surface area contributed by atoms with Crippen LogP contribution in [0.25, 0.3) is 16.9 Å². The number of carbonyl (C=O) groups excluding carboxylic acids is 2. The van der Waals surface area contributed by atoms with Gasteiger partial charge in [-0.1, -0.05) is 35.9 Å². The van der Waals surface area contributed by atoms with Crippen molar-refractivity contribution in [2.45, 2.75) is 12.5 Å². The Morgan fingerprint density at radius 2 is 1.89 bits per heavy atom. The molecule has 5 rings (SSSR count). The number of benzene rings is 2. The number of aromatic nitrogens is 3. The lowest BCUT2D eigenvalue weighted by Crippen LogP contribution is -2.40. The van der Waals surface area contributed by atoms with Gasteiger partial charge in [-0.05, 0) is 42.8 Å². The lowest BCUT2D eigenvalue weighted by atomic mass is 10.1. The molecule has 11 heteroatoms. The van der Waals surface area contributed by atoms with Crippen LogP contribution in [-0.2, 0) is 0 Å². The third-order valence-electron chi connectivity index (χ3n) is 5.86. The molecule has 1 aliphatic heterocycles. The van der Waals surface area contributed by atoms with Gasteiger partial charge in [0, 0.05) is 37.0 Å². The Kier molecular flexibility index (Phi) is 7.22. The number of pyridine rings is 1. The molecule has 0 bridgehead atoms. The lowest BCUT2D eigenvalue weighted by molar-refractivity contribution is 0.0943. The van der Waals surface area contributed by atoms with Crippen LogP contribution in [0, 0.1) is 5.82 Å². The third-order valence-corrected chi connectivity index (χ3v) is 6.17. The molecule has 1 atom stereocenters. The predicted molar refractivity (Wildman–Crippen MR) is 138 cm³/mol. The molecule has 2 aromatic heterocycles. The van der Waals surface area contributed by atoms with Gasteiger partial charge in [-0.15, -0.1) is 0 Å². The SMILES string of the molecule is O=C(NCC1CCNN1)c1cc(NC(=O)c2cc(-c3ccccn3)c(F)cc2Cl)n(-c2ccccc2)n1. The van der Waals surface area contributed by atoms with Gasteiger partial charge in [0.15, 0.2) is 5.69 Å². The van der Waals surface area contributed by atoms with E-state index in [1.165, 1.54) is 23.0 Å². The summed E-state index contributed by atoms with van der Waals surface area (Å²) in [7, 11) is 0. The number of nitrogens with zero attached hydrogens (tertiary/aromatic N) is 3. The molecule has 0 radical (unpaired) electrons. The van der Waals surface area contributed by atoms with E-state index in [-0.39, 0.29) is 39.6 Å². The largest absolute Gasteiger partial charge is 0.349 e. The first kappa shape index (κ1) is 24.6.